The largest absolute Gasteiger partial charge is 0.496 e. The molecule has 1 saturated heterocycles. The number of aromatic nitrogens is 3. The van der Waals surface area contributed by atoms with Gasteiger partial charge < -0.3 is 10.1 Å². The number of nitrogens with zero attached hydrogens (tertiary/aromatic N) is 3. The Labute approximate surface area is 106 Å². The van der Waals surface area contributed by atoms with Crippen molar-refractivity contribution >= 4 is 0 Å². The van der Waals surface area contributed by atoms with E-state index in [1.54, 1.807) is 13.3 Å². The van der Waals surface area contributed by atoms with Gasteiger partial charge in [-0.1, -0.05) is 17.3 Å². The Morgan fingerprint density at radius 2 is 2.28 bits per heavy atom. The van der Waals surface area contributed by atoms with E-state index in [1.165, 1.54) is 0 Å². The van der Waals surface area contributed by atoms with Gasteiger partial charge >= 0.3 is 0 Å². The maximum Gasteiger partial charge on any atom is 0.128 e. The third-order valence-electron chi connectivity index (χ3n) is 3.34. The van der Waals surface area contributed by atoms with Crippen LogP contribution in [0.2, 0.25) is 0 Å². The Kier molecular flexibility index (Phi) is 2.98. The van der Waals surface area contributed by atoms with Gasteiger partial charge in [0.15, 0.2) is 0 Å². The molecule has 1 aliphatic heterocycles. The van der Waals surface area contributed by atoms with Crippen molar-refractivity contribution in [3.8, 4) is 17.0 Å². The van der Waals surface area contributed by atoms with E-state index in [0.29, 0.717) is 6.04 Å². The Bertz CT molecular complexity index is 531. The summed E-state index contributed by atoms with van der Waals surface area (Å²) in [5.74, 6) is 0.854. The maximum absolute atomic E-state index is 5.40. The monoisotopic (exact) mass is 244 g/mol. The average Bonchev–Trinajstić information content (AvgIpc) is 3.09. The van der Waals surface area contributed by atoms with Crippen LogP contribution in [-0.4, -0.2) is 35.2 Å². The van der Waals surface area contributed by atoms with Gasteiger partial charge in [-0.2, -0.15) is 0 Å². The smallest absolute Gasteiger partial charge is 0.128 e. The molecule has 0 saturated carbocycles. The fraction of sp³-hybridized carbons (Fsp3) is 0.385. The summed E-state index contributed by atoms with van der Waals surface area (Å²) in [4.78, 5) is 0. The highest BCUT2D eigenvalue weighted by Crippen LogP contribution is 2.31. The first kappa shape index (κ1) is 11.2. The van der Waals surface area contributed by atoms with E-state index in [1.807, 2.05) is 28.9 Å². The Morgan fingerprint density at radius 3 is 3.06 bits per heavy atom. The minimum Gasteiger partial charge on any atom is -0.496 e. The summed E-state index contributed by atoms with van der Waals surface area (Å²) >= 11 is 0. The van der Waals surface area contributed by atoms with Gasteiger partial charge in [0.25, 0.3) is 0 Å². The minimum absolute atomic E-state index is 0.382. The molecule has 1 aliphatic rings. The summed E-state index contributed by atoms with van der Waals surface area (Å²) < 4.78 is 7.40. The SMILES string of the molecule is COc1ccccc1-c1cnnn1C1CCNC1. The molecule has 1 aromatic carbocycles. The summed E-state index contributed by atoms with van der Waals surface area (Å²) in [5, 5.41) is 11.6. The first-order valence-corrected chi connectivity index (χ1v) is 6.14. The van der Waals surface area contributed by atoms with Crippen LogP contribution in [0, 0.1) is 0 Å². The van der Waals surface area contributed by atoms with Crippen molar-refractivity contribution in [2.24, 2.45) is 0 Å². The zero-order valence-corrected chi connectivity index (χ0v) is 10.3. The molecule has 5 heteroatoms. The third kappa shape index (κ3) is 1.86. The van der Waals surface area contributed by atoms with Gasteiger partial charge in [0.05, 0.1) is 25.0 Å². The molecule has 0 radical (unpaired) electrons. The van der Waals surface area contributed by atoms with E-state index < -0.39 is 0 Å². The van der Waals surface area contributed by atoms with Crippen molar-refractivity contribution in [1.29, 1.82) is 0 Å². The fourth-order valence-corrected chi connectivity index (χ4v) is 2.41. The number of para-hydroxylation sites is 1. The highest BCUT2D eigenvalue weighted by Gasteiger charge is 2.21. The second-order valence-corrected chi connectivity index (χ2v) is 4.41. The lowest BCUT2D eigenvalue weighted by molar-refractivity contribution is 0.415. The minimum atomic E-state index is 0.382. The zero-order valence-electron chi connectivity index (χ0n) is 10.3. The third-order valence-corrected chi connectivity index (χ3v) is 3.34. The van der Waals surface area contributed by atoms with E-state index >= 15 is 0 Å². The van der Waals surface area contributed by atoms with Gasteiger partial charge in [0.1, 0.15) is 5.75 Å². The number of methoxy groups -OCH3 is 1. The van der Waals surface area contributed by atoms with Crippen molar-refractivity contribution in [2.45, 2.75) is 12.5 Å². The van der Waals surface area contributed by atoms with Crippen molar-refractivity contribution in [2.75, 3.05) is 20.2 Å². The second-order valence-electron chi connectivity index (χ2n) is 4.41. The van der Waals surface area contributed by atoms with Crippen LogP contribution in [0.3, 0.4) is 0 Å². The van der Waals surface area contributed by atoms with E-state index in [-0.39, 0.29) is 0 Å². The molecular formula is C13H16N4O. The molecule has 3 rings (SSSR count). The van der Waals surface area contributed by atoms with Crippen molar-refractivity contribution in [3.63, 3.8) is 0 Å². The number of rotatable bonds is 3. The molecular weight excluding hydrogens is 228 g/mol. The molecule has 2 aromatic rings. The quantitative estimate of drug-likeness (QED) is 0.888. The van der Waals surface area contributed by atoms with E-state index in [4.69, 9.17) is 4.74 Å². The van der Waals surface area contributed by atoms with Crippen LogP contribution < -0.4 is 10.1 Å². The van der Waals surface area contributed by atoms with Gasteiger partial charge in [0, 0.05) is 12.1 Å². The van der Waals surface area contributed by atoms with Crippen molar-refractivity contribution in [1.82, 2.24) is 20.3 Å². The lowest BCUT2D eigenvalue weighted by Gasteiger charge is -2.14. The Balaban J connectivity index is 2.03. The molecule has 18 heavy (non-hydrogen) atoms. The average molecular weight is 244 g/mol. The number of hydrogen-bond acceptors (Lipinski definition) is 4. The van der Waals surface area contributed by atoms with Crippen LogP contribution in [0.25, 0.3) is 11.3 Å². The molecule has 0 spiro atoms. The van der Waals surface area contributed by atoms with E-state index in [9.17, 15) is 0 Å². The summed E-state index contributed by atoms with van der Waals surface area (Å²) in [5.41, 5.74) is 2.05. The van der Waals surface area contributed by atoms with Crippen molar-refractivity contribution < 1.29 is 4.74 Å². The predicted molar refractivity (Wildman–Crippen MR) is 68.5 cm³/mol. The van der Waals surface area contributed by atoms with Gasteiger partial charge in [-0.05, 0) is 25.1 Å². The van der Waals surface area contributed by atoms with Gasteiger partial charge in [0.2, 0.25) is 0 Å². The second kappa shape index (κ2) is 4.78. The summed E-state index contributed by atoms with van der Waals surface area (Å²) in [6, 6.07) is 8.35. The van der Waals surface area contributed by atoms with Crippen molar-refractivity contribution in [3.05, 3.63) is 30.5 Å². The fourth-order valence-electron chi connectivity index (χ4n) is 2.41. The summed E-state index contributed by atoms with van der Waals surface area (Å²) in [6.07, 6.45) is 2.89. The molecule has 94 valence electrons. The van der Waals surface area contributed by atoms with Crippen LogP contribution in [0.5, 0.6) is 5.75 Å². The van der Waals surface area contributed by atoms with Crippen LogP contribution in [0.15, 0.2) is 30.5 Å². The normalized spacial score (nSPS) is 19.1. The first-order chi connectivity index (χ1) is 8.90. The topological polar surface area (TPSA) is 52.0 Å². The molecule has 1 atom stereocenters. The molecule has 1 unspecified atom stereocenters. The molecule has 1 N–H and O–H groups in total. The predicted octanol–water partition coefficient (Wildman–Crippen LogP) is 1.49. The molecule has 0 amide bonds. The maximum atomic E-state index is 5.40. The number of hydrogen-bond donors (Lipinski definition) is 1. The lowest BCUT2D eigenvalue weighted by Crippen LogP contribution is -2.15. The van der Waals surface area contributed by atoms with E-state index in [0.717, 1.165) is 36.5 Å². The molecule has 1 fully saturated rings. The molecule has 0 bridgehead atoms. The molecule has 0 aliphatic carbocycles. The molecule has 5 nitrogen and oxygen atoms in total. The van der Waals surface area contributed by atoms with Crippen LogP contribution in [0.4, 0.5) is 0 Å². The molecule has 2 heterocycles. The molecule has 1 aromatic heterocycles. The van der Waals surface area contributed by atoms with E-state index in [2.05, 4.69) is 15.6 Å². The number of nitrogens with one attached hydrogen (secondary N) is 1. The lowest BCUT2D eigenvalue weighted by atomic mass is 10.1. The first-order valence-electron chi connectivity index (χ1n) is 6.14. The number of benzene rings is 1. The highest BCUT2D eigenvalue weighted by atomic mass is 16.5. The Morgan fingerprint density at radius 1 is 1.39 bits per heavy atom. The number of ether oxygens (including phenoxy) is 1. The summed E-state index contributed by atoms with van der Waals surface area (Å²) in [6.45, 7) is 1.99. The Hall–Kier alpha value is -1.88. The van der Waals surface area contributed by atoms with Crippen LogP contribution >= 0.6 is 0 Å². The van der Waals surface area contributed by atoms with Crippen LogP contribution in [0.1, 0.15) is 12.5 Å². The zero-order chi connectivity index (χ0) is 12.4. The summed E-state index contributed by atoms with van der Waals surface area (Å²) in [7, 11) is 1.68. The standard InChI is InChI=1S/C13H16N4O/c1-18-13-5-3-2-4-11(13)12-9-15-16-17(12)10-6-7-14-8-10/h2-5,9-10,14H,6-8H2,1H3. The highest BCUT2D eigenvalue weighted by molar-refractivity contribution is 5.66. The van der Waals surface area contributed by atoms with Crippen LogP contribution in [-0.2, 0) is 0 Å². The van der Waals surface area contributed by atoms with Gasteiger partial charge in [-0.25, -0.2) is 4.68 Å². The van der Waals surface area contributed by atoms with Gasteiger partial charge in [-0.3, -0.25) is 0 Å². The van der Waals surface area contributed by atoms with Gasteiger partial charge in [-0.15, -0.1) is 5.10 Å².